The van der Waals surface area contributed by atoms with Crippen molar-refractivity contribution in [1.82, 2.24) is 5.32 Å². The molecule has 3 nitrogen and oxygen atoms in total. The number of ether oxygens (including phenoxy) is 1. The van der Waals surface area contributed by atoms with Crippen molar-refractivity contribution in [3.8, 4) is 0 Å². The number of alkyl halides is 1. The van der Waals surface area contributed by atoms with Gasteiger partial charge in [-0.2, -0.15) is 0 Å². The largest absolute Gasteiger partial charge is 0.381 e. The maximum absolute atomic E-state index is 12.5. The Bertz CT molecular complexity index is 492. The lowest BCUT2D eigenvalue weighted by molar-refractivity contribution is 0.0442. The van der Waals surface area contributed by atoms with Crippen molar-refractivity contribution in [3.05, 3.63) is 28.8 Å². The van der Waals surface area contributed by atoms with Crippen molar-refractivity contribution in [3.63, 3.8) is 0 Å². The number of thioether (sulfide) groups is 1. The normalized spacial score (nSPS) is 17.8. The van der Waals surface area contributed by atoms with Crippen LogP contribution in [0, 0.1) is 0 Å². The average Bonchev–Trinajstić information content (AvgIpc) is 2.48. The standard InChI is InChI=1S/C14H17BrClNO2S/c1-20-10-2-3-12(16)11(8-10)13(18)17-14(9-15)4-6-19-7-5-14/h2-3,8H,4-7,9H2,1H3,(H,17,18). The lowest BCUT2D eigenvalue weighted by Gasteiger charge is -2.36. The molecule has 0 aromatic heterocycles. The summed E-state index contributed by atoms with van der Waals surface area (Å²) in [4.78, 5) is 13.5. The van der Waals surface area contributed by atoms with E-state index in [0.29, 0.717) is 23.8 Å². The van der Waals surface area contributed by atoms with E-state index in [1.807, 2.05) is 18.4 Å². The number of hydrogen-bond donors (Lipinski definition) is 1. The number of carbonyl (C=O) groups is 1. The van der Waals surface area contributed by atoms with Gasteiger partial charge in [-0.1, -0.05) is 27.5 Å². The predicted octanol–water partition coefficient (Wildman–Crippen LogP) is 3.74. The fourth-order valence-corrected chi connectivity index (χ4v) is 3.51. The molecule has 0 unspecified atom stereocenters. The minimum Gasteiger partial charge on any atom is -0.381 e. The van der Waals surface area contributed by atoms with Crippen LogP contribution in [0.2, 0.25) is 5.02 Å². The average molecular weight is 379 g/mol. The Labute approximate surface area is 136 Å². The molecular weight excluding hydrogens is 362 g/mol. The molecule has 0 saturated carbocycles. The van der Waals surface area contributed by atoms with Crippen LogP contribution in [0.4, 0.5) is 0 Å². The summed E-state index contributed by atoms with van der Waals surface area (Å²) in [6.45, 7) is 1.34. The lowest BCUT2D eigenvalue weighted by atomic mass is 9.92. The van der Waals surface area contributed by atoms with Crippen LogP contribution in [0.25, 0.3) is 0 Å². The van der Waals surface area contributed by atoms with Crippen molar-refractivity contribution in [1.29, 1.82) is 0 Å². The van der Waals surface area contributed by atoms with E-state index in [-0.39, 0.29) is 11.4 Å². The lowest BCUT2D eigenvalue weighted by Crippen LogP contribution is -2.53. The van der Waals surface area contributed by atoms with Crippen LogP contribution in [-0.4, -0.2) is 36.2 Å². The molecule has 2 rings (SSSR count). The molecule has 1 aromatic carbocycles. The highest BCUT2D eigenvalue weighted by Gasteiger charge is 2.33. The second kappa shape index (κ2) is 7.16. The number of rotatable bonds is 4. The number of nitrogens with one attached hydrogen (secondary N) is 1. The first-order valence-corrected chi connectivity index (χ1v) is 9.12. The minimum atomic E-state index is -0.242. The van der Waals surface area contributed by atoms with Crippen molar-refractivity contribution in [2.45, 2.75) is 23.3 Å². The zero-order chi connectivity index (χ0) is 14.6. The van der Waals surface area contributed by atoms with Crippen molar-refractivity contribution in [2.24, 2.45) is 0 Å². The monoisotopic (exact) mass is 377 g/mol. The number of hydrogen-bond acceptors (Lipinski definition) is 3. The van der Waals surface area contributed by atoms with Gasteiger partial charge in [-0.15, -0.1) is 11.8 Å². The molecule has 1 aliphatic rings. The molecule has 0 bridgehead atoms. The summed E-state index contributed by atoms with van der Waals surface area (Å²) < 4.78 is 5.37. The van der Waals surface area contributed by atoms with Crippen molar-refractivity contribution >= 4 is 45.2 Å². The Hall–Kier alpha value is -0.230. The van der Waals surface area contributed by atoms with E-state index < -0.39 is 0 Å². The SMILES string of the molecule is CSc1ccc(Cl)c(C(=O)NC2(CBr)CCOCC2)c1. The van der Waals surface area contributed by atoms with Gasteiger partial charge in [-0.05, 0) is 37.3 Å². The summed E-state index contributed by atoms with van der Waals surface area (Å²) >= 11 is 11.2. The Kier molecular flexibility index (Phi) is 5.78. The van der Waals surface area contributed by atoms with E-state index in [9.17, 15) is 4.79 Å². The van der Waals surface area contributed by atoms with Gasteiger partial charge in [0, 0.05) is 23.4 Å². The minimum absolute atomic E-state index is 0.118. The van der Waals surface area contributed by atoms with Gasteiger partial charge in [0.2, 0.25) is 0 Å². The Morgan fingerprint density at radius 3 is 2.80 bits per heavy atom. The van der Waals surface area contributed by atoms with E-state index in [2.05, 4.69) is 21.2 Å². The number of carbonyl (C=O) groups excluding carboxylic acids is 1. The van der Waals surface area contributed by atoms with Gasteiger partial charge >= 0.3 is 0 Å². The van der Waals surface area contributed by atoms with E-state index in [0.717, 1.165) is 23.1 Å². The van der Waals surface area contributed by atoms with Crippen LogP contribution in [0.15, 0.2) is 23.1 Å². The summed E-state index contributed by atoms with van der Waals surface area (Å²) in [7, 11) is 0. The summed E-state index contributed by atoms with van der Waals surface area (Å²) in [6.07, 6.45) is 3.59. The van der Waals surface area contributed by atoms with E-state index in [4.69, 9.17) is 16.3 Å². The molecule has 1 heterocycles. The number of halogens is 2. The molecule has 1 fully saturated rings. The van der Waals surface area contributed by atoms with Crippen LogP contribution < -0.4 is 5.32 Å². The molecule has 1 aromatic rings. The second-order valence-electron chi connectivity index (χ2n) is 4.83. The van der Waals surface area contributed by atoms with Crippen LogP contribution in [0.3, 0.4) is 0 Å². The topological polar surface area (TPSA) is 38.3 Å². The van der Waals surface area contributed by atoms with Crippen molar-refractivity contribution < 1.29 is 9.53 Å². The zero-order valence-electron chi connectivity index (χ0n) is 11.2. The summed E-state index contributed by atoms with van der Waals surface area (Å²) in [6, 6.07) is 5.52. The van der Waals surface area contributed by atoms with Crippen LogP contribution in [0.1, 0.15) is 23.2 Å². The van der Waals surface area contributed by atoms with Gasteiger partial charge in [0.15, 0.2) is 0 Å². The Morgan fingerprint density at radius 1 is 1.50 bits per heavy atom. The molecular formula is C14H17BrClNO2S. The fraction of sp³-hybridized carbons (Fsp3) is 0.500. The molecule has 0 aliphatic carbocycles. The van der Waals surface area contributed by atoms with Gasteiger partial charge in [0.1, 0.15) is 0 Å². The van der Waals surface area contributed by atoms with Gasteiger partial charge < -0.3 is 10.1 Å². The first-order chi connectivity index (χ1) is 9.60. The van der Waals surface area contributed by atoms with Gasteiger partial charge in [-0.3, -0.25) is 4.79 Å². The molecule has 1 amide bonds. The first-order valence-electron chi connectivity index (χ1n) is 6.40. The molecule has 0 spiro atoms. The first kappa shape index (κ1) is 16.1. The Morgan fingerprint density at radius 2 is 2.20 bits per heavy atom. The molecule has 1 N–H and O–H groups in total. The second-order valence-corrected chi connectivity index (χ2v) is 6.67. The van der Waals surface area contributed by atoms with Crippen LogP contribution >= 0.6 is 39.3 Å². The third-order valence-corrected chi connectivity index (χ3v) is 5.63. The molecule has 1 saturated heterocycles. The molecule has 20 heavy (non-hydrogen) atoms. The maximum Gasteiger partial charge on any atom is 0.253 e. The van der Waals surface area contributed by atoms with E-state index in [1.54, 1.807) is 17.8 Å². The van der Waals surface area contributed by atoms with E-state index in [1.165, 1.54) is 0 Å². The highest BCUT2D eigenvalue weighted by Crippen LogP contribution is 2.26. The highest BCUT2D eigenvalue weighted by molar-refractivity contribution is 9.09. The zero-order valence-corrected chi connectivity index (χ0v) is 14.4. The molecule has 110 valence electrons. The van der Waals surface area contributed by atoms with Gasteiger partial charge in [-0.25, -0.2) is 0 Å². The summed E-state index contributed by atoms with van der Waals surface area (Å²) in [5, 5.41) is 4.33. The number of amides is 1. The molecule has 0 radical (unpaired) electrons. The highest BCUT2D eigenvalue weighted by atomic mass is 79.9. The molecule has 0 atom stereocenters. The van der Waals surface area contributed by atoms with Crippen LogP contribution in [0.5, 0.6) is 0 Å². The maximum atomic E-state index is 12.5. The van der Waals surface area contributed by atoms with Gasteiger partial charge in [0.25, 0.3) is 5.91 Å². The van der Waals surface area contributed by atoms with Gasteiger partial charge in [0.05, 0.1) is 16.1 Å². The third-order valence-electron chi connectivity index (χ3n) is 3.50. The quantitative estimate of drug-likeness (QED) is 0.641. The Balaban J connectivity index is 2.18. The summed E-state index contributed by atoms with van der Waals surface area (Å²) in [5.74, 6) is -0.118. The van der Waals surface area contributed by atoms with Crippen molar-refractivity contribution in [2.75, 3.05) is 24.8 Å². The third kappa shape index (κ3) is 3.70. The molecule has 6 heteroatoms. The fourth-order valence-electron chi connectivity index (χ4n) is 2.17. The van der Waals surface area contributed by atoms with E-state index >= 15 is 0 Å². The predicted molar refractivity (Wildman–Crippen MR) is 87.3 cm³/mol. The summed E-state index contributed by atoms with van der Waals surface area (Å²) in [5.41, 5.74) is 0.291. The molecule has 1 aliphatic heterocycles. The number of benzene rings is 1. The smallest absolute Gasteiger partial charge is 0.253 e. The van der Waals surface area contributed by atoms with Crippen LogP contribution in [-0.2, 0) is 4.74 Å².